The van der Waals surface area contributed by atoms with Crippen molar-refractivity contribution in [2.45, 2.75) is 16.7 Å². The molecule has 2 aromatic carbocycles. The van der Waals surface area contributed by atoms with Crippen molar-refractivity contribution in [3.05, 3.63) is 53.1 Å². The lowest BCUT2D eigenvalue weighted by Crippen LogP contribution is -2.05. The van der Waals surface area contributed by atoms with E-state index in [0.29, 0.717) is 26.6 Å². The first-order valence-corrected chi connectivity index (χ1v) is 7.25. The molecule has 5 nitrogen and oxygen atoms in total. The van der Waals surface area contributed by atoms with E-state index in [0.717, 1.165) is 0 Å². The van der Waals surface area contributed by atoms with E-state index < -0.39 is 11.9 Å². The minimum absolute atomic E-state index is 0.170. The molecule has 0 amide bonds. The highest BCUT2D eigenvalue weighted by molar-refractivity contribution is 7.99. The Bertz CT molecular complexity index is 743. The lowest BCUT2D eigenvalue weighted by Gasteiger charge is -2.12. The fourth-order valence-electron chi connectivity index (χ4n) is 1.98. The Balaban J connectivity index is 2.43. The number of esters is 1. The molecule has 2 rings (SSSR count). The number of benzene rings is 2. The number of carbonyl (C=O) groups is 2. The quantitative estimate of drug-likeness (QED) is 0.665. The third-order valence-corrected chi connectivity index (χ3v) is 4.37. The van der Waals surface area contributed by atoms with Crippen LogP contribution in [0.25, 0.3) is 0 Å². The minimum Gasteiger partial charge on any atom is -0.478 e. The average molecular weight is 317 g/mol. The van der Waals surface area contributed by atoms with Crippen LogP contribution in [0.3, 0.4) is 0 Å². The smallest absolute Gasteiger partial charge is 0.339 e. The van der Waals surface area contributed by atoms with Gasteiger partial charge in [-0.1, -0.05) is 23.9 Å². The van der Waals surface area contributed by atoms with E-state index in [1.807, 2.05) is 6.07 Å². The minimum atomic E-state index is -1.02. The van der Waals surface area contributed by atoms with Crippen LogP contribution in [-0.4, -0.2) is 24.2 Å². The number of carboxylic acid groups (broad SMARTS) is 1. The van der Waals surface area contributed by atoms with Gasteiger partial charge in [0, 0.05) is 15.5 Å². The molecule has 3 N–H and O–H groups in total. The molecule has 0 aromatic heterocycles. The van der Waals surface area contributed by atoms with Gasteiger partial charge >= 0.3 is 11.9 Å². The van der Waals surface area contributed by atoms with E-state index >= 15 is 0 Å². The monoisotopic (exact) mass is 317 g/mol. The lowest BCUT2D eigenvalue weighted by molar-refractivity contribution is 0.0596. The van der Waals surface area contributed by atoms with E-state index in [2.05, 4.69) is 0 Å². The molecule has 0 unspecified atom stereocenters. The molecule has 0 bridgehead atoms. The molecule has 0 saturated carbocycles. The highest BCUT2D eigenvalue weighted by Crippen LogP contribution is 2.36. The van der Waals surface area contributed by atoms with E-state index in [9.17, 15) is 9.59 Å². The highest BCUT2D eigenvalue weighted by atomic mass is 32.2. The number of aromatic carboxylic acids is 1. The zero-order chi connectivity index (χ0) is 16.3. The molecule has 0 aliphatic heterocycles. The van der Waals surface area contributed by atoms with E-state index in [1.54, 1.807) is 31.2 Å². The van der Waals surface area contributed by atoms with E-state index in [1.165, 1.54) is 24.9 Å². The molecule has 0 heterocycles. The van der Waals surface area contributed by atoms with Crippen molar-refractivity contribution in [1.82, 2.24) is 0 Å². The first-order valence-electron chi connectivity index (χ1n) is 6.43. The van der Waals surface area contributed by atoms with Gasteiger partial charge in [0.25, 0.3) is 0 Å². The van der Waals surface area contributed by atoms with Crippen LogP contribution in [0, 0.1) is 6.92 Å². The molecule has 0 fully saturated rings. The Hall–Kier alpha value is -2.47. The van der Waals surface area contributed by atoms with Crippen molar-refractivity contribution < 1.29 is 19.4 Å². The number of nitrogen functional groups attached to an aromatic ring is 1. The van der Waals surface area contributed by atoms with Gasteiger partial charge in [0.15, 0.2) is 0 Å². The van der Waals surface area contributed by atoms with Gasteiger partial charge in [-0.2, -0.15) is 0 Å². The summed E-state index contributed by atoms with van der Waals surface area (Å²) in [7, 11) is 1.32. The second-order valence-electron chi connectivity index (χ2n) is 4.54. The maximum atomic E-state index is 11.8. The number of hydrogen-bond acceptors (Lipinski definition) is 5. The van der Waals surface area contributed by atoms with Crippen LogP contribution in [0.5, 0.6) is 0 Å². The molecule has 0 atom stereocenters. The van der Waals surface area contributed by atoms with Crippen LogP contribution in [-0.2, 0) is 4.74 Å². The Kier molecular flexibility index (Phi) is 4.72. The predicted octanol–water partition coefficient (Wildman–Crippen LogP) is 3.21. The summed E-state index contributed by atoms with van der Waals surface area (Å²) in [5.74, 6) is -1.45. The Morgan fingerprint density at radius 2 is 1.77 bits per heavy atom. The normalized spacial score (nSPS) is 10.3. The molecular weight excluding hydrogens is 302 g/mol. The van der Waals surface area contributed by atoms with Crippen molar-refractivity contribution in [3.63, 3.8) is 0 Å². The summed E-state index contributed by atoms with van der Waals surface area (Å²) in [6.45, 7) is 1.66. The number of anilines is 1. The third-order valence-electron chi connectivity index (χ3n) is 3.22. The number of carboxylic acids is 1. The van der Waals surface area contributed by atoms with Crippen LogP contribution >= 0.6 is 11.8 Å². The third kappa shape index (κ3) is 3.07. The van der Waals surface area contributed by atoms with Crippen molar-refractivity contribution in [1.29, 1.82) is 0 Å². The second kappa shape index (κ2) is 6.53. The number of methoxy groups -OCH3 is 1. The molecule has 0 aliphatic rings. The fourth-order valence-corrected chi connectivity index (χ4v) is 3.02. The molecule has 6 heteroatoms. The molecule has 22 heavy (non-hydrogen) atoms. The van der Waals surface area contributed by atoms with Crippen molar-refractivity contribution in [3.8, 4) is 0 Å². The topological polar surface area (TPSA) is 89.6 Å². The van der Waals surface area contributed by atoms with Gasteiger partial charge in [-0.15, -0.1) is 0 Å². The largest absolute Gasteiger partial charge is 0.478 e. The van der Waals surface area contributed by atoms with Crippen molar-refractivity contribution in [2.75, 3.05) is 12.8 Å². The van der Waals surface area contributed by atoms with E-state index in [-0.39, 0.29) is 5.56 Å². The molecule has 0 aliphatic carbocycles. The molecule has 0 spiro atoms. The Labute approximate surface area is 132 Å². The number of rotatable bonds is 4. The van der Waals surface area contributed by atoms with Gasteiger partial charge in [0.05, 0.1) is 18.2 Å². The fraction of sp³-hybridized carbons (Fsp3) is 0.125. The molecule has 114 valence electrons. The maximum Gasteiger partial charge on any atom is 0.339 e. The first kappa shape index (κ1) is 15.9. The number of carbonyl (C=O) groups excluding carboxylic acids is 1. The summed E-state index contributed by atoms with van der Waals surface area (Å²) in [6.07, 6.45) is 0. The van der Waals surface area contributed by atoms with Crippen LogP contribution < -0.4 is 5.73 Å². The van der Waals surface area contributed by atoms with Crippen molar-refractivity contribution >= 4 is 29.4 Å². The summed E-state index contributed by atoms with van der Waals surface area (Å²) >= 11 is 1.30. The van der Waals surface area contributed by atoms with Crippen LogP contribution in [0.15, 0.2) is 46.2 Å². The molecule has 0 radical (unpaired) electrons. The zero-order valence-electron chi connectivity index (χ0n) is 12.1. The summed E-state index contributed by atoms with van der Waals surface area (Å²) in [5, 5.41) is 9.10. The van der Waals surface area contributed by atoms with Gasteiger partial charge in [-0.25, -0.2) is 9.59 Å². The summed E-state index contributed by atoms with van der Waals surface area (Å²) in [6, 6.07) is 10.2. The second-order valence-corrected chi connectivity index (χ2v) is 5.63. The van der Waals surface area contributed by atoms with Gasteiger partial charge < -0.3 is 15.6 Å². The zero-order valence-corrected chi connectivity index (χ0v) is 12.9. The predicted molar refractivity (Wildman–Crippen MR) is 84.5 cm³/mol. The number of ether oxygens (including phenoxy) is 1. The van der Waals surface area contributed by atoms with Gasteiger partial charge in [0.2, 0.25) is 0 Å². The maximum absolute atomic E-state index is 11.8. The van der Waals surface area contributed by atoms with Crippen LogP contribution in [0.2, 0.25) is 0 Å². The number of nitrogens with two attached hydrogens (primary N) is 1. The average Bonchev–Trinajstić information content (AvgIpc) is 2.51. The summed E-state index contributed by atoms with van der Waals surface area (Å²) in [5.41, 5.74) is 7.54. The lowest BCUT2D eigenvalue weighted by atomic mass is 10.1. The SMILES string of the molecule is COC(=O)c1ccccc1Sc1ccc(C(=O)O)c(C)c1N. The summed E-state index contributed by atoms with van der Waals surface area (Å²) < 4.78 is 4.76. The summed E-state index contributed by atoms with van der Waals surface area (Å²) in [4.78, 5) is 24.3. The van der Waals surface area contributed by atoms with Crippen molar-refractivity contribution in [2.24, 2.45) is 0 Å². The Morgan fingerprint density at radius 3 is 2.41 bits per heavy atom. The molecule has 0 saturated heterocycles. The van der Waals surface area contributed by atoms with Gasteiger partial charge in [0.1, 0.15) is 0 Å². The number of hydrogen-bond donors (Lipinski definition) is 2. The first-order chi connectivity index (χ1) is 10.5. The standard InChI is InChI=1S/C16H15NO4S/c1-9-10(15(18)19)7-8-13(14(9)17)22-12-6-4-3-5-11(12)16(20)21-2/h3-8H,17H2,1-2H3,(H,18,19). The van der Waals surface area contributed by atoms with Gasteiger partial charge in [-0.05, 0) is 36.8 Å². The van der Waals surface area contributed by atoms with Gasteiger partial charge in [-0.3, -0.25) is 0 Å². The van der Waals surface area contributed by atoms with E-state index in [4.69, 9.17) is 15.6 Å². The van der Waals surface area contributed by atoms with Crippen LogP contribution in [0.4, 0.5) is 5.69 Å². The molecular formula is C16H15NO4S. The highest BCUT2D eigenvalue weighted by Gasteiger charge is 2.16. The Morgan fingerprint density at radius 1 is 1.09 bits per heavy atom. The van der Waals surface area contributed by atoms with Crippen LogP contribution in [0.1, 0.15) is 26.3 Å². The molecule has 2 aromatic rings.